The van der Waals surface area contributed by atoms with Crippen molar-refractivity contribution in [2.45, 2.75) is 0 Å². The lowest BCUT2D eigenvalue weighted by Crippen LogP contribution is -2.28. The van der Waals surface area contributed by atoms with Gasteiger partial charge in [0.25, 0.3) is 0 Å². The Bertz CT molecular complexity index is 468. The molecule has 0 fully saturated rings. The zero-order chi connectivity index (χ0) is 13.1. The molecule has 0 spiro atoms. The van der Waals surface area contributed by atoms with E-state index in [0.717, 1.165) is 0 Å². The minimum Gasteiger partial charge on any atom is -0.397 e. The molecule has 0 heterocycles. The number of benzene rings is 1. The van der Waals surface area contributed by atoms with Crippen LogP contribution in [-0.2, 0) is 10.0 Å². The van der Waals surface area contributed by atoms with Gasteiger partial charge in [0.05, 0.1) is 22.2 Å². The van der Waals surface area contributed by atoms with Crippen LogP contribution in [0.4, 0.5) is 11.4 Å². The summed E-state index contributed by atoms with van der Waals surface area (Å²) in [7, 11) is -0.209. The molecule has 96 valence electrons. The van der Waals surface area contributed by atoms with Crippen molar-refractivity contribution in [1.29, 1.82) is 0 Å². The monoisotopic (exact) mass is 277 g/mol. The number of nitrogen functional groups attached to an aromatic ring is 1. The van der Waals surface area contributed by atoms with E-state index in [0.29, 0.717) is 16.4 Å². The molecule has 17 heavy (non-hydrogen) atoms. The maximum absolute atomic E-state index is 11.5. The summed E-state index contributed by atoms with van der Waals surface area (Å²) in [6, 6.07) is 5.13. The zero-order valence-corrected chi connectivity index (χ0v) is 11.3. The Balaban J connectivity index is 2.64. The predicted molar refractivity (Wildman–Crippen MR) is 71.8 cm³/mol. The van der Waals surface area contributed by atoms with E-state index in [-0.39, 0.29) is 12.3 Å². The molecule has 0 aliphatic heterocycles. The Hall–Kier alpha value is -0.980. The smallest absolute Gasteiger partial charge is 0.215 e. The number of halogens is 1. The molecular weight excluding hydrogens is 262 g/mol. The zero-order valence-electron chi connectivity index (χ0n) is 9.77. The summed E-state index contributed by atoms with van der Waals surface area (Å²) in [5.41, 5.74) is 6.80. The van der Waals surface area contributed by atoms with E-state index in [1.165, 1.54) is 18.4 Å². The van der Waals surface area contributed by atoms with Gasteiger partial charge in [-0.05, 0) is 12.1 Å². The van der Waals surface area contributed by atoms with E-state index >= 15 is 0 Å². The minimum absolute atomic E-state index is 0.00926. The summed E-state index contributed by atoms with van der Waals surface area (Å²) in [5.74, 6) is -0.00926. The van der Waals surface area contributed by atoms with Gasteiger partial charge >= 0.3 is 0 Å². The summed E-state index contributed by atoms with van der Waals surface area (Å²) >= 11 is 5.94. The number of sulfonamides is 1. The van der Waals surface area contributed by atoms with E-state index in [2.05, 4.69) is 5.32 Å². The first-order chi connectivity index (χ1) is 7.84. The Kier molecular flexibility index (Phi) is 4.62. The summed E-state index contributed by atoms with van der Waals surface area (Å²) in [5, 5.41) is 3.41. The highest BCUT2D eigenvalue weighted by molar-refractivity contribution is 7.89. The molecule has 0 saturated carbocycles. The third kappa shape index (κ3) is 3.76. The largest absolute Gasteiger partial charge is 0.397 e. The molecule has 0 bridgehead atoms. The molecule has 0 amide bonds. The standard InChI is InChI=1S/C10H16ClN3O2S/c1-14(2)17(15,16)7-6-13-10-8(11)4-3-5-9(10)12/h3-5,13H,6-7,12H2,1-2H3. The van der Waals surface area contributed by atoms with Gasteiger partial charge in [0, 0.05) is 20.6 Å². The van der Waals surface area contributed by atoms with Gasteiger partial charge in [-0.3, -0.25) is 0 Å². The van der Waals surface area contributed by atoms with E-state index in [4.69, 9.17) is 17.3 Å². The van der Waals surface area contributed by atoms with Gasteiger partial charge in [0.15, 0.2) is 0 Å². The lowest BCUT2D eigenvalue weighted by atomic mass is 10.2. The Morgan fingerprint density at radius 1 is 1.41 bits per heavy atom. The van der Waals surface area contributed by atoms with Crippen LogP contribution in [0.1, 0.15) is 0 Å². The van der Waals surface area contributed by atoms with Gasteiger partial charge in [-0.1, -0.05) is 17.7 Å². The lowest BCUT2D eigenvalue weighted by molar-refractivity contribution is 0.521. The number of hydrogen-bond donors (Lipinski definition) is 2. The van der Waals surface area contributed by atoms with Crippen LogP contribution in [0.2, 0.25) is 5.02 Å². The molecule has 5 nitrogen and oxygen atoms in total. The van der Waals surface area contributed by atoms with Gasteiger partial charge in [-0.25, -0.2) is 12.7 Å². The van der Waals surface area contributed by atoms with E-state index in [1.54, 1.807) is 18.2 Å². The van der Waals surface area contributed by atoms with Crippen molar-refractivity contribution in [3.63, 3.8) is 0 Å². The molecule has 1 aromatic carbocycles. The van der Waals surface area contributed by atoms with Gasteiger partial charge in [-0.15, -0.1) is 0 Å². The topological polar surface area (TPSA) is 75.4 Å². The highest BCUT2D eigenvalue weighted by atomic mass is 35.5. The highest BCUT2D eigenvalue weighted by Gasteiger charge is 2.13. The Labute approximate surface area is 107 Å². The van der Waals surface area contributed by atoms with Crippen LogP contribution in [0.15, 0.2) is 18.2 Å². The second-order valence-corrected chi connectivity index (χ2v) is 6.44. The molecule has 1 aromatic rings. The number of nitrogens with zero attached hydrogens (tertiary/aromatic N) is 1. The second-order valence-electron chi connectivity index (χ2n) is 3.73. The van der Waals surface area contributed by atoms with Crippen LogP contribution < -0.4 is 11.1 Å². The van der Waals surface area contributed by atoms with Crippen molar-refractivity contribution in [3.8, 4) is 0 Å². The second kappa shape index (κ2) is 5.57. The van der Waals surface area contributed by atoms with Crippen LogP contribution >= 0.6 is 11.6 Å². The normalized spacial score (nSPS) is 11.8. The van der Waals surface area contributed by atoms with Crippen LogP contribution in [0, 0.1) is 0 Å². The molecule has 0 aliphatic rings. The fourth-order valence-corrected chi connectivity index (χ4v) is 2.19. The highest BCUT2D eigenvalue weighted by Crippen LogP contribution is 2.27. The lowest BCUT2D eigenvalue weighted by Gasteiger charge is -2.14. The number of hydrogen-bond acceptors (Lipinski definition) is 4. The summed E-state index contributed by atoms with van der Waals surface area (Å²) in [4.78, 5) is 0. The van der Waals surface area contributed by atoms with Gasteiger partial charge < -0.3 is 11.1 Å². The number of anilines is 2. The van der Waals surface area contributed by atoms with E-state index in [1.807, 2.05) is 0 Å². The summed E-state index contributed by atoms with van der Waals surface area (Å²) in [6.07, 6.45) is 0. The van der Waals surface area contributed by atoms with Crippen molar-refractivity contribution >= 4 is 33.0 Å². The average Bonchev–Trinajstić information content (AvgIpc) is 2.22. The number of nitrogens with one attached hydrogen (secondary N) is 1. The Morgan fingerprint density at radius 2 is 2.06 bits per heavy atom. The van der Waals surface area contributed by atoms with Crippen LogP contribution in [0.3, 0.4) is 0 Å². The summed E-state index contributed by atoms with van der Waals surface area (Å²) in [6.45, 7) is 0.258. The first-order valence-electron chi connectivity index (χ1n) is 5.02. The van der Waals surface area contributed by atoms with Crippen molar-refractivity contribution in [1.82, 2.24) is 4.31 Å². The fourth-order valence-electron chi connectivity index (χ4n) is 1.21. The van der Waals surface area contributed by atoms with Crippen molar-refractivity contribution in [3.05, 3.63) is 23.2 Å². The molecule has 0 saturated heterocycles. The van der Waals surface area contributed by atoms with Crippen LogP contribution in [0.25, 0.3) is 0 Å². The molecule has 3 N–H and O–H groups in total. The molecule has 1 rings (SSSR count). The maximum Gasteiger partial charge on any atom is 0.215 e. The van der Waals surface area contributed by atoms with Gasteiger partial charge in [0.2, 0.25) is 10.0 Å². The Morgan fingerprint density at radius 3 is 2.59 bits per heavy atom. The van der Waals surface area contributed by atoms with Crippen molar-refractivity contribution < 1.29 is 8.42 Å². The van der Waals surface area contributed by atoms with Crippen molar-refractivity contribution in [2.75, 3.05) is 37.4 Å². The molecule has 0 aromatic heterocycles. The first-order valence-corrected chi connectivity index (χ1v) is 7.01. The number of rotatable bonds is 5. The summed E-state index contributed by atoms with van der Waals surface area (Å²) < 4.78 is 24.2. The molecule has 7 heteroatoms. The predicted octanol–water partition coefficient (Wildman–Crippen LogP) is 1.23. The van der Waals surface area contributed by atoms with E-state index in [9.17, 15) is 8.42 Å². The average molecular weight is 278 g/mol. The number of para-hydroxylation sites is 1. The molecule has 0 atom stereocenters. The molecule has 0 radical (unpaired) electrons. The van der Waals surface area contributed by atoms with Crippen LogP contribution in [0.5, 0.6) is 0 Å². The maximum atomic E-state index is 11.5. The van der Waals surface area contributed by atoms with Gasteiger partial charge in [-0.2, -0.15) is 0 Å². The molecule has 0 aliphatic carbocycles. The number of nitrogens with two attached hydrogens (primary N) is 1. The quantitative estimate of drug-likeness (QED) is 0.794. The van der Waals surface area contributed by atoms with Gasteiger partial charge in [0.1, 0.15) is 0 Å². The third-order valence-electron chi connectivity index (χ3n) is 2.26. The molecule has 0 unspecified atom stereocenters. The fraction of sp³-hybridized carbons (Fsp3) is 0.400. The van der Waals surface area contributed by atoms with Crippen molar-refractivity contribution in [2.24, 2.45) is 0 Å². The first kappa shape index (κ1) is 14.1. The third-order valence-corrected chi connectivity index (χ3v) is 4.41. The van der Waals surface area contributed by atoms with E-state index < -0.39 is 10.0 Å². The minimum atomic E-state index is -3.21. The SMILES string of the molecule is CN(C)S(=O)(=O)CCNc1c(N)cccc1Cl. The molecular formula is C10H16ClN3O2S. The van der Waals surface area contributed by atoms with Crippen LogP contribution in [-0.4, -0.2) is 39.1 Å².